The molecule has 7 nitrogen and oxygen atoms in total. The third-order valence-electron chi connectivity index (χ3n) is 4.03. The molecule has 0 spiro atoms. The molecule has 0 radical (unpaired) electrons. The molecule has 1 aromatic rings. The predicted octanol–water partition coefficient (Wildman–Crippen LogP) is 3.52. The fourth-order valence-corrected chi connectivity index (χ4v) is 2.95. The Labute approximate surface area is 122 Å². The second kappa shape index (κ2) is 6.51. The van der Waals surface area contributed by atoms with Gasteiger partial charge < -0.3 is 4.90 Å². The molecule has 0 saturated heterocycles. The highest BCUT2D eigenvalue weighted by molar-refractivity contribution is 5.66. The van der Waals surface area contributed by atoms with E-state index in [9.17, 15) is 20.2 Å². The highest BCUT2D eigenvalue weighted by atomic mass is 16.6. The van der Waals surface area contributed by atoms with Gasteiger partial charge >= 0.3 is 0 Å². The van der Waals surface area contributed by atoms with Crippen molar-refractivity contribution in [3.05, 3.63) is 38.4 Å². The van der Waals surface area contributed by atoms with E-state index in [1.54, 1.807) is 0 Å². The van der Waals surface area contributed by atoms with E-state index in [2.05, 4.69) is 0 Å². The first-order valence-corrected chi connectivity index (χ1v) is 7.13. The van der Waals surface area contributed by atoms with E-state index in [1.165, 1.54) is 31.4 Å². The van der Waals surface area contributed by atoms with E-state index in [4.69, 9.17) is 0 Å². The molecule has 1 aromatic carbocycles. The fourth-order valence-electron chi connectivity index (χ4n) is 2.95. The quantitative estimate of drug-likeness (QED) is 0.612. The summed E-state index contributed by atoms with van der Waals surface area (Å²) in [7, 11) is 1.81. The van der Waals surface area contributed by atoms with Crippen LogP contribution in [0.1, 0.15) is 32.1 Å². The van der Waals surface area contributed by atoms with Crippen LogP contribution in [0.4, 0.5) is 17.1 Å². The van der Waals surface area contributed by atoms with Gasteiger partial charge in [0.2, 0.25) is 0 Å². The highest BCUT2D eigenvalue weighted by Gasteiger charge is 2.24. The smallest absolute Gasteiger partial charge is 0.299 e. The summed E-state index contributed by atoms with van der Waals surface area (Å²) in [6.45, 7) is 0.749. The molecule has 0 aromatic heterocycles. The molecule has 7 heteroatoms. The maximum atomic E-state index is 11.1. The van der Waals surface area contributed by atoms with Crippen molar-refractivity contribution >= 4 is 17.1 Å². The van der Waals surface area contributed by atoms with Crippen LogP contribution in [-0.4, -0.2) is 23.4 Å². The lowest BCUT2D eigenvalue weighted by atomic mass is 9.89. The summed E-state index contributed by atoms with van der Waals surface area (Å²) in [6, 6.07) is 3.82. The fraction of sp³-hybridized carbons (Fsp3) is 0.571. The van der Waals surface area contributed by atoms with Gasteiger partial charge in [0, 0.05) is 19.7 Å². The average molecular weight is 293 g/mol. The Morgan fingerprint density at radius 3 is 2.38 bits per heavy atom. The number of nitrogens with zero attached hydrogens (tertiary/aromatic N) is 3. The van der Waals surface area contributed by atoms with Crippen molar-refractivity contribution in [2.45, 2.75) is 32.1 Å². The monoisotopic (exact) mass is 293 g/mol. The number of rotatable bonds is 5. The first-order chi connectivity index (χ1) is 9.99. The molecule has 21 heavy (non-hydrogen) atoms. The molecular formula is C14H19N3O4. The molecule has 1 saturated carbocycles. The number of hydrogen-bond donors (Lipinski definition) is 0. The summed E-state index contributed by atoms with van der Waals surface area (Å²) in [5.41, 5.74) is -0.0183. The highest BCUT2D eigenvalue weighted by Crippen LogP contribution is 2.33. The number of anilines is 1. The predicted molar refractivity (Wildman–Crippen MR) is 79.6 cm³/mol. The van der Waals surface area contributed by atoms with Crippen LogP contribution in [0.25, 0.3) is 0 Å². The van der Waals surface area contributed by atoms with E-state index in [0.29, 0.717) is 11.6 Å². The first kappa shape index (κ1) is 15.2. The lowest BCUT2D eigenvalue weighted by Crippen LogP contribution is -2.27. The van der Waals surface area contributed by atoms with Gasteiger partial charge in [0.05, 0.1) is 15.9 Å². The minimum absolute atomic E-state index is 0.206. The number of nitro benzene ring substituents is 2. The molecule has 1 aliphatic rings. The first-order valence-electron chi connectivity index (χ1n) is 7.13. The Morgan fingerprint density at radius 1 is 1.14 bits per heavy atom. The van der Waals surface area contributed by atoms with Gasteiger partial charge in [-0.25, -0.2) is 0 Å². The third-order valence-corrected chi connectivity index (χ3v) is 4.03. The largest absolute Gasteiger partial charge is 0.369 e. The van der Waals surface area contributed by atoms with Crippen LogP contribution in [0.2, 0.25) is 0 Å². The number of hydrogen-bond acceptors (Lipinski definition) is 5. The maximum absolute atomic E-state index is 11.1. The van der Waals surface area contributed by atoms with Gasteiger partial charge in [-0.05, 0) is 24.8 Å². The van der Waals surface area contributed by atoms with Gasteiger partial charge in [-0.2, -0.15) is 0 Å². The molecular weight excluding hydrogens is 274 g/mol. The Morgan fingerprint density at radius 2 is 1.81 bits per heavy atom. The Balaban J connectivity index is 2.20. The molecule has 0 unspecified atom stereocenters. The summed E-state index contributed by atoms with van der Waals surface area (Å²) in [5.74, 6) is 0.540. The van der Waals surface area contributed by atoms with Gasteiger partial charge in [-0.15, -0.1) is 0 Å². The Hall–Kier alpha value is -2.18. The van der Waals surface area contributed by atoms with Crippen LogP contribution in [-0.2, 0) is 0 Å². The molecule has 0 atom stereocenters. The molecule has 0 heterocycles. The lowest BCUT2D eigenvalue weighted by Gasteiger charge is -2.28. The summed E-state index contributed by atoms with van der Waals surface area (Å²) in [5, 5.41) is 21.9. The molecule has 1 fully saturated rings. The van der Waals surface area contributed by atoms with Crippen molar-refractivity contribution in [2.24, 2.45) is 5.92 Å². The summed E-state index contributed by atoms with van der Waals surface area (Å²) in [6.07, 6.45) is 5.97. The SMILES string of the molecule is CN(CC1CCCCC1)c1ccc([N+](=O)[O-])cc1[N+](=O)[O-]. The van der Waals surface area contributed by atoms with Gasteiger partial charge in [0.1, 0.15) is 5.69 Å². The molecule has 0 bridgehead atoms. The minimum atomic E-state index is -0.613. The standard InChI is InChI=1S/C14H19N3O4/c1-15(10-11-5-3-2-4-6-11)13-8-7-12(16(18)19)9-14(13)17(20)21/h7-9,11H,2-6,10H2,1H3. The lowest BCUT2D eigenvalue weighted by molar-refractivity contribution is -0.393. The summed E-state index contributed by atoms with van der Waals surface area (Å²) < 4.78 is 0. The van der Waals surface area contributed by atoms with Crippen LogP contribution < -0.4 is 4.90 Å². The van der Waals surface area contributed by atoms with E-state index >= 15 is 0 Å². The van der Waals surface area contributed by atoms with Crippen LogP contribution in [0, 0.1) is 26.1 Å². The van der Waals surface area contributed by atoms with Gasteiger partial charge in [0.15, 0.2) is 0 Å². The zero-order chi connectivity index (χ0) is 15.4. The van der Waals surface area contributed by atoms with E-state index < -0.39 is 9.85 Å². The van der Waals surface area contributed by atoms with Gasteiger partial charge in [-0.3, -0.25) is 20.2 Å². The van der Waals surface area contributed by atoms with Crippen LogP contribution >= 0.6 is 0 Å². The second-order valence-electron chi connectivity index (χ2n) is 5.57. The Bertz CT molecular complexity index is 541. The average Bonchev–Trinajstić information content (AvgIpc) is 2.47. The Kier molecular flexibility index (Phi) is 4.72. The van der Waals surface area contributed by atoms with E-state index in [-0.39, 0.29) is 11.4 Å². The zero-order valence-corrected chi connectivity index (χ0v) is 12.0. The summed E-state index contributed by atoms with van der Waals surface area (Å²) in [4.78, 5) is 22.6. The van der Waals surface area contributed by atoms with Gasteiger partial charge in [0.25, 0.3) is 11.4 Å². The number of non-ortho nitro benzene ring substituents is 1. The molecule has 0 N–H and O–H groups in total. The van der Waals surface area contributed by atoms with Crippen molar-refractivity contribution in [1.29, 1.82) is 0 Å². The molecule has 1 aliphatic carbocycles. The zero-order valence-electron chi connectivity index (χ0n) is 12.0. The van der Waals surface area contributed by atoms with Crippen molar-refractivity contribution in [2.75, 3.05) is 18.5 Å². The topological polar surface area (TPSA) is 89.5 Å². The van der Waals surface area contributed by atoms with Crippen LogP contribution in [0.3, 0.4) is 0 Å². The van der Waals surface area contributed by atoms with Crippen molar-refractivity contribution in [3.63, 3.8) is 0 Å². The van der Waals surface area contributed by atoms with E-state index in [0.717, 1.165) is 25.5 Å². The van der Waals surface area contributed by atoms with Crippen molar-refractivity contribution in [3.8, 4) is 0 Å². The second-order valence-corrected chi connectivity index (χ2v) is 5.57. The number of nitro groups is 2. The third kappa shape index (κ3) is 3.68. The molecule has 2 rings (SSSR count). The molecule has 114 valence electrons. The number of benzene rings is 1. The van der Waals surface area contributed by atoms with Crippen LogP contribution in [0.15, 0.2) is 18.2 Å². The summed E-state index contributed by atoms with van der Waals surface area (Å²) >= 11 is 0. The molecule has 0 aliphatic heterocycles. The van der Waals surface area contributed by atoms with Gasteiger partial charge in [-0.1, -0.05) is 19.3 Å². The maximum Gasteiger partial charge on any atom is 0.299 e. The minimum Gasteiger partial charge on any atom is -0.369 e. The van der Waals surface area contributed by atoms with Crippen molar-refractivity contribution < 1.29 is 9.85 Å². The van der Waals surface area contributed by atoms with E-state index in [1.807, 2.05) is 11.9 Å². The normalized spacial score (nSPS) is 15.7. The van der Waals surface area contributed by atoms with Crippen LogP contribution in [0.5, 0.6) is 0 Å². The molecule has 0 amide bonds. The van der Waals surface area contributed by atoms with Crippen molar-refractivity contribution in [1.82, 2.24) is 0 Å².